The highest BCUT2D eigenvalue weighted by molar-refractivity contribution is 6.30. The van der Waals surface area contributed by atoms with Gasteiger partial charge in [-0.05, 0) is 66.6 Å². The first-order chi connectivity index (χ1) is 17.0. The van der Waals surface area contributed by atoms with Crippen molar-refractivity contribution < 1.29 is 13.9 Å². The maximum atomic E-state index is 13.4. The molecule has 3 aromatic carbocycles. The summed E-state index contributed by atoms with van der Waals surface area (Å²) in [5.74, 6) is 0.577. The molecule has 1 atom stereocenters. The lowest BCUT2D eigenvalue weighted by Gasteiger charge is -2.29. The summed E-state index contributed by atoms with van der Waals surface area (Å²) in [7, 11) is 0. The Morgan fingerprint density at radius 3 is 2.69 bits per heavy atom. The zero-order chi connectivity index (χ0) is 24.4. The number of rotatable bonds is 6. The largest absolute Gasteiger partial charge is 0.489 e. The highest BCUT2D eigenvalue weighted by atomic mass is 35.5. The first-order valence-electron chi connectivity index (χ1n) is 10.9. The van der Waals surface area contributed by atoms with Crippen molar-refractivity contribution in [3.8, 4) is 5.75 Å². The van der Waals surface area contributed by atoms with Crippen LogP contribution in [0, 0.1) is 5.82 Å². The van der Waals surface area contributed by atoms with Gasteiger partial charge in [0.05, 0.1) is 5.57 Å². The number of fused-ring (bicyclic) bond motifs is 1. The minimum atomic E-state index is -0.532. The highest BCUT2D eigenvalue weighted by Gasteiger charge is 2.33. The van der Waals surface area contributed by atoms with Gasteiger partial charge in [0.15, 0.2) is 0 Å². The Labute approximate surface area is 206 Å². The van der Waals surface area contributed by atoms with E-state index in [1.807, 2.05) is 31.2 Å². The van der Waals surface area contributed by atoms with Gasteiger partial charge in [-0.25, -0.2) is 9.07 Å². The van der Waals surface area contributed by atoms with E-state index < -0.39 is 6.04 Å². The van der Waals surface area contributed by atoms with Gasteiger partial charge in [0.25, 0.3) is 5.91 Å². The number of aromatic nitrogens is 3. The normalized spacial score (nSPS) is 14.8. The number of amides is 1. The summed E-state index contributed by atoms with van der Waals surface area (Å²) in [6, 6.07) is 20.0. The van der Waals surface area contributed by atoms with E-state index in [2.05, 4.69) is 20.7 Å². The number of hydrogen-bond acceptors (Lipinski definition) is 5. The number of allylic oxidation sites excluding steroid dienone is 1. The highest BCUT2D eigenvalue weighted by Crippen LogP contribution is 2.36. The van der Waals surface area contributed by atoms with Crippen molar-refractivity contribution in [3.63, 3.8) is 0 Å². The fraction of sp³-hybridized carbons (Fsp3) is 0.115. The lowest BCUT2D eigenvalue weighted by atomic mass is 9.95. The van der Waals surface area contributed by atoms with Crippen molar-refractivity contribution in [3.05, 3.63) is 112 Å². The van der Waals surface area contributed by atoms with E-state index in [9.17, 15) is 9.18 Å². The Kier molecular flexibility index (Phi) is 6.20. The van der Waals surface area contributed by atoms with Gasteiger partial charge in [0.1, 0.15) is 30.5 Å². The van der Waals surface area contributed by atoms with Gasteiger partial charge in [-0.15, -0.1) is 0 Å². The van der Waals surface area contributed by atoms with E-state index in [4.69, 9.17) is 16.3 Å². The van der Waals surface area contributed by atoms with Gasteiger partial charge in [0, 0.05) is 16.4 Å². The molecule has 35 heavy (non-hydrogen) atoms. The van der Waals surface area contributed by atoms with Crippen molar-refractivity contribution in [2.24, 2.45) is 0 Å². The van der Waals surface area contributed by atoms with Crippen LogP contribution in [-0.2, 0) is 11.4 Å². The van der Waals surface area contributed by atoms with Crippen LogP contribution in [0.5, 0.6) is 5.75 Å². The summed E-state index contributed by atoms with van der Waals surface area (Å²) >= 11 is 5.97. The molecule has 9 heteroatoms. The third-order valence-electron chi connectivity index (χ3n) is 5.63. The molecular weight excluding hydrogens is 469 g/mol. The molecule has 4 aromatic rings. The lowest BCUT2D eigenvalue weighted by molar-refractivity contribution is -0.113. The molecule has 2 heterocycles. The summed E-state index contributed by atoms with van der Waals surface area (Å²) in [6.45, 7) is 2.11. The molecule has 1 amide bonds. The van der Waals surface area contributed by atoms with Crippen LogP contribution >= 0.6 is 11.6 Å². The van der Waals surface area contributed by atoms with Crippen LogP contribution < -0.4 is 15.4 Å². The Morgan fingerprint density at radius 2 is 1.91 bits per heavy atom. The van der Waals surface area contributed by atoms with Crippen molar-refractivity contribution in [1.82, 2.24) is 14.8 Å². The third-order valence-corrected chi connectivity index (χ3v) is 5.89. The number of hydrogen-bond donors (Lipinski definition) is 2. The number of nitrogens with one attached hydrogen (secondary N) is 2. The second-order valence-corrected chi connectivity index (χ2v) is 8.48. The van der Waals surface area contributed by atoms with E-state index >= 15 is 0 Å². The number of ether oxygens (including phenoxy) is 1. The average Bonchev–Trinajstić information content (AvgIpc) is 3.32. The van der Waals surface area contributed by atoms with Crippen LogP contribution in [0.1, 0.15) is 24.1 Å². The number of benzene rings is 3. The standard InChI is InChI=1S/C26H21ClFN5O2/c1-16-23(25(34)32-21-11-7-19(27)8-12-21)24(33-26(31-16)29-15-30-33)18-3-2-4-22(13-18)35-14-17-5-9-20(28)10-6-17/h2-13,15,24H,14H2,1H3,(H,32,34)(H,29,30,31). The van der Waals surface area contributed by atoms with Crippen LogP contribution in [0.2, 0.25) is 5.02 Å². The molecule has 0 bridgehead atoms. The van der Waals surface area contributed by atoms with Crippen LogP contribution in [0.15, 0.2) is 90.4 Å². The first-order valence-corrected chi connectivity index (χ1v) is 11.3. The van der Waals surface area contributed by atoms with Gasteiger partial charge < -0.3 is 15.4 Å². The van der Waals surface area contributed by atoms with E-state index in [1.165, 1.54) is 18.5 Å². The molecule has 1 aromatic heterocycles. The van der Waals surface area contributed by atoms with Gasteiger partial charge >= 0.3 is 0 Å². The maximum absolute atomic E-state index is 13.4. The predicted octanol–water partition coefficient (Wildman–Crippen LogP) is 5.58. The molecule has 1 aliphatic heterocycles. The van der Waals surface area contributed by atoms with Crippen LogP contribution in [-0.4, -0.2) is 20.7 Å². The average molecular weight is 490 g/mol. The lowest BCUT2D eigenvalue weighted by Crippen LogP contribution is -2.31. The molecule has 0 saturated carbocycles. The Hall–Kier alpha value is -4.17. The summed E-state index contributed by atoms with van der Waals surface area (Å²) in [4.78, 5) is 17.7. The van der Waals surface area contributed by atoms with Crippen LogP contribution in [0.3, 0.4) is 0 Å². The summed E-state index contributed by atoms with van der Waals surface area (Å²) in [5, 5.41) is 11.0. The molecule has 5 rings (SSSR count). The molecular formula is C26H21ClFN5O2. The van der Waals surface area contributed by atoms with E-state index in [1.54, 1.807) is 41.1 Å². The molecule has 0 spiro atoms. The third kappa shape index (κ3) is 4.88. The molecule has 0 fully saturated rings. The van der Waals surface area contributed by atoms with Crippen molar-refractivity contribution in [1.29, 1.82) is 0 Å². The zero-order valence-electron chi connectivity index (χ0n) is 18.7. The molecule has 176 valence electrons. The van der Waals surface area contributed by atoms with E-state index in [0.29, 0.717) is 33.7 Å². The Bertz CT molecular complexity index is 1400. The quantitative estimate of drug-likeness (QED) is 0.369. The van der Waals surface area contributed by atoms with Crippen molar-refractivity contribution in [2.45, 2.75) is 19.6 Å². The minimum absolute atomic E-state index is 0.277. The topological polar surface area (TPSA) is 81.1 Å². The molecule has 1 unspecified atom stereocenters. The Balaban J connectivity index is 1.45. The number of carbonyl (C=O) groups excluding carboxylic acids is 1. The van der Waals surface area contributed by atoms with Crippen molar-refractivity contribution >= 4 is 29.1 Å². The van der Waals surface area contributed by atoms with Gasteiger partial charge in [-0.2, -0.15) is 10.1 Å². The first kappa shape index (κ1) is 22.6. The van der Waals surface area contributed by atoms with E-state index in [0.717, 1.165) is 11.1 Å². The number of nitrogens with zero attached hydrogens (tertiary/aromatic N) is 3. The Morgan fingerprint density at radius 1 is 1.14 bits per heavy atom. The van der Waals surface area contributed by atoms with Gasteiger partial charge in [-0.1, -0.05) is 35.9 Å². The SMILES string of the molecule is CC1=C(C(=O)Nc2ccc(Cl)cc2)C(c2cccc(OCc3ccc(F)cc3)c2)n2ncnc2N1. The zero-order valence-corrected chi connectivity index (χ0v) is 19.5. The molecule has 0 aliphatic carbocycles. The summed E-state index contributed by atoms with van der Waals surface area (Å²) < 4.78 is 20.8. The second-order valence-electron chi connectivity index (χ2n) is 8.04. The maximum Gasteiger partial charge on any atom is 0.255 e. The fourth-order valence-electron chi connectivity index (χ4n) is 3.95. The molecule has 2 N–H and O–H groups in total. The number of carbonyl (C=O) groups is 1. The number of anilines is 2. The van der Waals surface area contributed by atoms with Gasteiger partial charge in [0.2, 0.25) is 5.95 Å². The van der Waals surface area contributed by atoms with Crippen molar-refractivity contribution in [2.75, 3.05) is 10.6 Å². The monoisotopic (exact) mass is 489 g/mol. The molecule has 0 saturated heterocycles. The van der Waals surface area contributed by atoms with Gasteiger partial charge in [-0.3, -0.25) is 4.79 Å². The molecule has 1 aliphatic rings. The number of halogens is 2. The minimum Gasteiger partial charge on any atom is -0.489 e. The smallest absolute Gasteiger partial charge is 0.255 e. The molecule has 7 nitrogen and oxygen atoms in total. The predicted molar refractivity (Wildman–Crippen MR) is 132 cm³/mol. The summed E-state index contributed by atoms with van der Waals surface area (Å²) in [6.07, 6.45) is 1.44. The van der Waals surface area contributed by atoms with Crippen LogP contribution in [0.4, 0.5) is 16.0 Å². The molecule has 0 radical (unpaired) electrons. The second kappa shape index (κ2) is 9.60. The summed E-state index contributed by atoms with van der Waals surface area (Å²) in [5.41, 5.74) is 3.43. The van der Waals surface area contributed by atoms with E-state index in [-0.39, 0.29) is 18.3 Å². The van der Waals surface area contributed by atoms with Crippen LogP contribution in [0.25, 0.3) is 0 Å². The fourth-order valence-corrected chi connectivity index (χ4v) is 4.07.